The lowest BCUT2D eigenvalue weighted by atomic mass is 10.2. The number of nitrogens with one attached hydrogen (secondary N) is 1. The Labute approximate surface area is 91.9 Å². The number of carbonyl (C=O) groups is 1. The van der Waals surface area contributed by atoms with Gasteiger partial charge in [-0.1, -0.05) is 11.6 Å². The third-order valence-electron chi connectivity index (χ3n) is 1.73. The summed E-state index contributed by atoms with van der Waals surface area (Å²) in [6.07, 6.45) is -1.49. The van der Waals surface area contributed by atoms with Gasteiger partial charge >= 0.3 is 0 Å². The molecule has 0 bridgehead atoms. The first-order valence-electron chi connectivity index (χ1n) is 4.41. The maximum absolute atomic E-state index is 11.9. The van der Waals surface area contributed by atoms with E-state index in [9.17, 15) is 9.18 Å². The van der Waals surface area contributed by atoms with Crippen LogP contribution in [0.5, 0.6) is 0 Å². The van der Waals surface area contributed by atoms with E-state index < -0.39 is 18.7 Å². The number of amides is 1. The van der Waals surface area contributed by atoms with E-state index in [1.165, 1.54) is 0 Å². The minimum atomic E-state index is -1.24. The Morgan fingerprint density at radius 3 is 2.60 bits per heavy atom. The van der Waals surface area contributed by atoms with E-state index in [1.807, 2.05) is 0 Å². The molecule has 0 aliphatic rings. The molecule has 0 heterocycles. The van der Waals surface area contributed by atoms with E-state index in [-0.39, 0.29) is 6.42 Å². The predicted octanol–water partition coefficient (Wildman–Crippen LogP) is 2.00. The van der Waals surface area contributed by atoms with E-state index in [2.05, 4.69) is 5.32 Å². The Hall–Kier alpha value is -1.13. The summed E-state index contributed by atoms with van der Waals surface area (Å²) >= 11 is 5.65. The zero-order valence-corrected chi connectivity index (χ0v) is 8.67. The summed E-state index contributed by atoms with van der Waals surface area (Å²) in [4.78, 5) is 11.2. The summed E-state index contributed by atoms with van der Waals surface area (Å²) in [6, 6.07) is 6.51. The summed E-state index contributed by atoms with van der Waals surface area (Å²) in [5, 5.41) is 12.0. The smallest absolute Gasteiger partial charge is 0.227 e. The van der Waals surface area contributed by atoms with Crippen molar-refractivity contribution >= 4 is 23.2 Å². The van der Waals surface area contributed by atoms with Crippen LogP contribution in [0.1, 0.15) is 6.42 Å². The van der Waals surface area contributed by atoms with E-state index >= 15 is 0 Å². The zero-order chi connectivity index (χ0) is 11.3. The predicted molar refractivity (Wildman–Crippen MR) is 56.7 cm³/mol. The second kappa shape index (κ2) is 5.68. The van der Waals surface area contributed by atoms with Crippen LogP contribution in [-0.4, -0.2) is 23.8 Å². The fourth-order valence-electron chi connectivity index (χ4n) is 1.01. The van der Waals surface area contributed by atoms with E-state index in [0.29, 0.717) is 10.7 Å². The highest BCUT2D eigenvalue weighted by atomic mass is 35.5. The lowest BCUT2D eigenvalue weighted by molar-refractivity contribution is -0.118. The van der Waals surface area contributed by atoms with E-state index in [1.54, 1.807) is 24.3 Å². The zero-order valence-electron chi connectivity index (χ0n) is 7.91. The van der Waals surface area contributed by atoms with Crippen molar-refractivity contribution in [1.82, 2.24) is 0 Å². The van der Waals surface area contributed by atoms with Gasteiger partial charge in [0.1, 0.15) is 6.67 Å². The van der Waals surface area contributed by atoms with Crippen molar-refractivity contribution in [3.8, 4) is 0 Å². The summed E-state index contributed by atoms with van der Waals surface area (Å²) in [5.41, 5.74) is 0.565. The van der Waals surface area contributed by atoms with Gasteiger partial charge in [0.25, 0.3) is 0 Å². The highest BCUT2D eigenvalue weighted by Crippen LogP contribution is 2.13. The number of carbonyl (C=O) groups excluding carboxylic acids is 1. The quantitative estimate of drug-likeness (QED) is 0.833. The Balaban J connectivity index is 2.48. The Kier molecular flexibility index (Phi) is 4.52. The van der Waals surface area contributed by atoms with Gasteiger partial charge in [-0.05, 0) is 24.3 Å². The minimum absolute atomic E-state index is 0.251. The number of anilines is 1. The molecular weight excluding hydrogens is 221 g/mol. The van der Waals surface area contributed by atoms with Gasteiger partial charge in [-0.3, -0.25) is 4.79 Å². The Morgan fingerprint density at radius 1 is 1.47 bits per heavy atom. The molecule has 1 atom stereocenters. The molecule has 0 aliphatic heterocycles. The fourth-order valence-corrected chi connectivity index (χ4v) is 1.14. The van der Waals surface area contributed by atoms with Gasteiger partial charge in [0.05, 0.1) is 12.5 Å². The number of alkyl halides is 1. The van der Waals surface area contributed by atoms with Crippen molar-refractivity contribution in [2.45, 2.75) is 12.5 Å². The standard InChI is InChI=1S/C10H11ClFNO2/c11-7-1-3-8(4-2-7)13-10(15)5-9(14)6-12/h1-4,9,14H,5-6H2,(H,13,15). The average molecular weight is 232 g/mol. The number of hydrogen-bond acceptors (Lipinski definition) is 2. The summed E-state index contributed by atoms with van der Waals surface area (Å²) < 4.78 is 11.9. The van der Waals surface area contributed by atoms with Crippen molar-refractivity contribution in [3.05, 3.63) is 29.3 Å². The molecule has 15 heavy (non-hydrogen) atoms. The van der Waals surface area contributed by atoms with Crippen LogP contribution in [0.3, 0.4) is 0 Å². The lowest BCUT2D eigenvalue weighted by Gasteiger charge is -2.07. The molecule has 3 nitrogen and oxygen atoms in total. The van der Waals surface area contributed by atoms with E-state index in [4.69, 9.17) is 16.7 Å². The van der Waals surface area contributed by atoms with Crippen LogP contribution in [0.15, 0.2) is 24.3 Å². The summed E-state index contributed by atoms with van der Waals surface area (Å²) in [5.74, 6) is -0.428. The van der Waals surface area contributed by atoms with Gasteiger partial charge in [0.2, 0.25) is 5.91 Å². The highest BCUT2D eigenvalue weighted by Gasteiger charge is 2.10. The molecule has 1 aromatic rings. The van der Waals surface area contributed by atoms with Crippen LogP contribution in [-0.2, 0) is 4.79 Å². The SMILES string of the molecule is O=C(CC(O)CF)Nc1ccc(Cl)cc1. The topological polar surface area (TPSA) is 49.3 Å². The van der Waals surface area contributed by atoms with Gasteiger partial charge in [0, 0.05) is 10.7 Å². The molecule has 0 aliphatic carbocycles. The first-order chi connectivity index (χ1) is 7.11. The number of benzene rings is 1. The van der Waals surface area contributed by atoms with Crippen LogP contribution in [0.2, 0.25) is 5.02 Å². The molecule has 0 radical (unpaired) electrons. The molecular formula is C10H11ClFNO2. The molecule has 1 aromatic carbocycles. The Bertz CT molecular complexity index is 329. The van der Waals surface area contributed by atoms with Crippen LogP contribution in [0, 0.1) is 0 Å². The number of halogens is 2. The molecule has 0 aromatic heterocycles. The maximum Gasteiger partial charge on any atom is 0.227 e. The van der Waals surface area contributed by atoms with Gasteiger partial charge in [0.15, 0.2) is 0 Å². The van der Waals surface area contributed by atoms with Gasteiger partial charge in [-0.25, -0.2) is 4.39 Å². The van der Waals surface area contributed by atoms with E-state index in [0.717, 1.165) is 0 Å². The molecule has 0 saturated heterocycles. The fraction of sp³-hybridized carbons (Fsp3) is 0.300. The molecule has 0 fully saturated rings. The second-order valence-electron chi connectivity index (χ2n) is 3.07. The molecule has 5 heteroatoms. The first kappa shape index (κ1) is 11.9. The van der Waals surface area contributed by atoms with Gasteiger partial charge < -0.3 is 10.4 Å². The Morgan fingerprint density at radius 2 is 2.07 bits per heavy atom. The van der Waals surface area contributed by atoms with Crippen molar-refractivity contribution < 1.29 is 14.3 Å². The number of hydrogen-bond donors (Lipinski definition) is 2. The van der Waals surface area contributed by atoms with Crippen molar-refractivity contribution in [2.24, 2.45) is 0 Å². The summed E-state index contributed by atoms with van der Waals surface area (Å²) in [6.45, 7) is -0.923. The maximum atomic E-state index is 11.9. The second-order valence-corrected chi connectivity index (χ2v) is 3.50. The minimum Gasteiger partial charge on any atom is -0.390 e. The third kappa shape index (κ3) is 4.27. The molecule has 1 rings (SSSR count). The monoisotopic (exact) mass is 231 g/mol. The molecule has 0 spiro atoms. The van der Waals surface area contributed by atoms with Gasteiger partial charge in [-0.15, -0.1) is 0 Å². The molecule has 2 N–H and O–H groups in total. The number of rotatable bonds is 4. The van der Waals surface area contributed by atoms with Crippen molar-refractivity contribution in [3.63, 3.8) is 0 Å². The number of aliphatic hydroxyl groups is 1. The average Bonchev–Trinajstić information content (AvgIpc) is 2.21. The highest BCUT2D eigenvalue weighted by molar-refractivity contribution is 6.30. The molecule has 82 valence electrons. The van der Waals surface area contributed by atoms with Crippen LogP contribution < -0.4 is 5.32 Å². The van der Waals surface area contributed by atoms with Crippen LogP contribution >= 0.6 is 11.6 Å². The molecule has 1 unspecified atom stereocenters. The summed E-state index contributed by atoms with van der Waals surface area (Å²) in [7, 11) is 0. The third-order valence-corrected chi connectivity index (χ3v) is 1.98. The largest absolute Gasteiger partial charge is 0.390 e. The van der Waals surface area contributed by atoms with Crippen molar-refractivity contribution in [1.29, 1.82) is 0 Å². The van der Waals surface area contributed by atoms with Crippen LogP contribution in [0.4, 0.5) is 10.1 Å². The first-order valence-corrected chi connectivity index (χ1v) is 4.79. The molecule has 0 saturated carbocycles. The molecule has 1 amide bonds. The normalized spacial score (nSPS) is 12.2. The van der Waals surface area contributed by atoms with Crippen LogP contribution in [0.25, 0.3) is 0 Å². The lowest BCUT2D eigenvalue weighted by Crippen LogP contribution is -2.20. The van der Waals surface area contributed by atoms with Gasteiger partial charge in [-0.2, -0.15) is 0 Å². The van der Waals surface area contributed by atoms with Crippen molar-refractivity contribution in [2.75, 3.05) is 12.0 Å². The number of aliphatic hydroxyl groups excluding tert-OH is 1.